The van der Waals surface area contributed by atoms with Crippen molar-refractivity contribution in [2.24, 2.45) is 4.99 Å². The van der Waals surface area contributed by atoms with E-state index in [0.29, 0.717) is 5.17 Å². The van der Waals surface area contributed by atoms with Crippen LogP contribution in [-0.2, 0) is 21.1 Å². The summed E-state index contributed by atoms with van der Waals surface area (Å²) in [5.74, 6) is 0.0216. The summed E-state index contributed by atoms with van der Waals surface area (Å²) < 4.78 is 24.2. The van der Waals surface area contributed by atoms with Crippen molar-refractivity contribution in [2.45, 2.75) is 24.6 Å². The highest BCUT2D eigenvalue weighted by molar-refractivity contribution is 8.16. The Morgan fingerprint density at radius 3 is 2.67 bits per heavy atom. The Balaban J connectivity index is 1.62. The monoisotopic (exact) mass is 400 g/mol. The van der Waals surface area contributed by atoms with Crippen LogP contribution in [0.3, 0.4) is 0 Å². The van der Waals surface area contributed by atoms with Crippen molar-refractivity contribution >= 4 is 38.4 Å². The average Bonchev–Trinajstić information content (AvgIpc) is 3.06. The molecule has 0 unspecified atom stereocenters. The van der Waals surface area contributed by atoms with Gasteiger partial charge in [0.1, 0.15) is 0 Å². The zero-order valence-corrected chi connectivity index (χ0v) is 16.5. The molecule has 0 N–H and O–H groups in total. The number of anilines is 1. The third-order valence-corrected chi connectivity index (χ3v) is 7.97. The largest absolute Gasteiger partial charge is 0.316 e. The molecule has 1 amide bonds. The number of aliphatic imine (C=N–C) groups is 1. The van der Waals surface area contributed by atoms with E-state index in [1.165, 1.54) is 11.8 Å². The summed E-state index contributed by atoms with van der Waals surface area (Å²) in [4.78, 5) is 18.8. The molecule has 0 aliphatic carbocycles. The molecule has 2 heterocycles. The maximum absolute atomic E-state index is 12.6. The van der Waals surface area contributed by atoms with Crippen LogP contribution in [0.2, 0.25) is 0 Å². The minimum atomic E-state index is -3.05. The summed E-state index contributed by atoms with van der Waals surface area (Å²) in [6.07, 6.45) is 0.238. The summed E-state index contributed by atoms with van der Waals surface area (Å²) >= 11 is 1.40. The number of aryl methyl sites for hydroxylation is 1. The van der Waals surface area contributed by atoms with E-state index in [0.717, 1.165) is 16.8 Å². The lowest BCUT2D eigenvalue weighted by Gasteiger charge is -2.24. The number of para-hydroxylation sites is 1. The summed E-state index contributed by atoms with van der Waals surface area (Å²) in [6.45, 7) is 1.99. The van der Waals surface area contributed by atoms with Crippen molar-refractivity contribution in [1.82, 2.24) is 0 Å². The molecule has 0 bridgehead atoms. The minimum Gasteiger partial charge on any atom is -0.316 e. The summed E-state index contributed by atoms with van der Waals surface area (Å²) in [5, 5.41) is 0.518. The van der Waals surface area contributed by atoms with Crippen molar-refractivity contribution < 1.29 is 13.2 Å². The average molecular weight is 401 g/mol. The van der Waals surface area contributed by atoms with Gasteiger partial charge >= 0.3 is 0 Å². The van der Waals surface area contributed by atoms with Gasteiger partial charge in [-0.15, -0.1) is 0 Å². The highest BCUT2D eigenvalue weighted by Crippen LogP contribution is 2.40. The van der Waals surface area contributed by atoms with Crippen LogP contribution in [0.15, 0.2) is 59.6 Å². The predicted molar refractivity (Wildman–Crippen MR) is 110 cm³/mol. The molecular formula is C20H20N2O3S2. The second-order valence-corrected chi connectivity index (χ2v) is 10.3. The van der Waals surface area contributed by atoms with Gasteiger partial charge in [0, 0.05) is 10.9 Å². The molecule has 140 valence electrons. The third kappa shape index (κ3) is 3.94. The number of amidine groups is 1. The van der Waals surface area contributed by atoms with Gasteiger partial charge in [-0.05, 0) is 24.6 Å². The van der Waals surface area contributed by atoms with Crippen LogP contribution in [0.1, 0.15) is 11.1 Å². The van der Waals surface area contributed by atoms with E-state index >= 15 is 0 Å². The maximum atomic E-state index is 12.6. The number of carbonyl (C=O) groups excluding carboxylic acids is 1. The van der Waals surface area contributed by atoms with E-state index < -0.39 is 9.84 Å². The predicted octanol–water partition coefficient (Wildman–Crippen LogP) is 2.84. The number of carbonyl (C=O) groups is 1. The number of hydrogen-bond acceptors (Lipinski definition) is 4. The van der Waals surface area contributed by atoms with Crippen LogP contribution in [0, 0.1) is 6.92 Å². The Kier molecular flexibility index (Phi) is 4.82. The van der Waals surface area contributed by atoms with Crippen LogP contribution in [0.4, 0.5) is 5.69 Å². The Bertz CT molecular complexity index is 1000. The van der Waals surface area contributed by atoms with E-state index in [4.69, 9.17) is 0 Å². The number of amides is 1. The Morgan fingerprint density at radius 2 is 1.93 bits per heavy atom. The van der Waals surface area contributed by atoms with Crippen molar-refractivity contribution in [1.29, 1.82) is 0 Å². The number of sulfone groups is 1. The molecule has 27 heavy (non-hydrogen) atoms. The number of fused-ring (bicyclic) bond motifs is 1. The SMILES string of the molecule is Cc1cccc(CC(=O)N=C2S[C@@H]3CS(=O)(=O)C[C@@H]3N2c2ccccc2)c1. The van der Waals surface area contributed by atoms with E-state index in [9.17, 15) is 13.2 Å². The zero-order chi connectivity index (χ0) is 19.0. The zero-order valence-electron chi connectivity index (χ0n) is 14.9. The lowest BCUT2D eigenvalue weighted by molar-refractivity contribution is -0.117. The highest BCUT2D eigenvalue weighted by Gasteiger charge is 2.49. The molecule has 0 radical (unpaired) electrons. The molecule has 0 aromatic heterocycles. The van der Waals surface area contributed by atoms with Crippen LogP contribution in [0.5, 0.6) is 0 Å². The van der Waals surface area contributed by atoms with Crippen LogP contribution >= 0.6 is 11.8 Å². The van der Waals surface area contributed by atoms with E-state index in [-0.39, 0.29) is 35.1 Å². The number of nitrogens with zero attached hydrogens (tertiary/aromatic N) is 2. The number of rotatable bonds is 3. The van der Waals surface area contributed by atoms with E-state index in [1.54, 1.807) is 0 Å². The fourth-order valence-corrected chi connectivity index (χ4v) is 7.53. The Hall–Kier alpha value is -2.12. The van der Waals surface area contributed by atoms with Gasteiger partial charge in [0.05, 0.1) is 24.0 Å². The molecule has 2 aromatic carbocycles. The number of hydrogen-bond donors (Lipinski definition) is 0. The summed E-state index contributed by atoms with van der Waals surface area (Å²) in [5.41, 5.74) is 2.91. The molecule has 7 heteroatoms. The molecule has 4 rings (SSSR count). The van der Waals surface area contributed by atoms with Gasteiger partial charge in [0.15, 0.2) is 15.0 Å². The van der Waals surface area contributed by atoms with Crippen molar-refractivity contribution in [3.63, 3.8) is 0 Å². The molecule has 2 aromatic rings. The van der Waals surface area contributed by atoms with Crippen molar-refractivity contribution in [3.8, 4) is 0 Å². The van der Waals surface area contributed by atoms with Crippen LogP contribution in [-0.4, -0.2) is 42.3 Å². The fourth-order valence-electron chi connectivity index (χ4n) is 3.60. The Morgan fingerprint density at radius 1 is 1.15 bits per heavy atom. The third-order valence-electron chi connectivity index (χ3n) is 4.76. The normalized spacial score (nSPS) is 24.9. The topological polar surface area (TPSA) is 66.8 Å². The molecule has 2 aliphatic rings. The highest BCUT2D eigenvalue weighted by atomic mass is 32.2. The molecule has 0 saturated carbocycles. The quantitative estimate of drug-likeness (QED) is 0.793. The molecule has 2 fully saturated rings. The molecule has 2 aliphatic heterocycles. The second kappa shape index (κ2) is 7.13. The first-order valence-electron chi connectivity index (χ1n) is 8.80. The second-order valence-electron chi connectivity index (χ2n) is 6.96. The molecule has 2 saturated heterocycles. The van der Waals surface area contributed by atoms with Gasteiger partial charge in [-0.1, -0.05) is 59.8 Å². The van der Waals surface area contributed by atoms with Crippen LogP contribution in [0.25, 0.3) is 0 Å². The van der Waals surface area contributed by atoms with Gasteiger partial charge in [-0.25, -0.2) is 8.42 Å². The number of thioether (sulfide) groups is 1. The first-order chi connectivity index (χ1) is 12.9. The van der Waals surface area contributed by atoms with Gasteiger partial charge in [-0.3, -0.25) is 4.79 Å². The van der Waals surface area contributed by atoms with Crippen molar-refractivity contribution in [3.05, 3.63) is 65.7 Å². The van der Waals surface area contributed by atoms with E-state index in [1.807, 2.05) is 66.4 Å². The standard InChI is InChI=1S/C20H20N2O3S2/c1-14-6-5-7-15(10-14)11-19(23)21-20-22(16-8-3-2-4-9-16)17-12-27(24,25)13-18(17)26-20/h2-10,17-18H,11-13H2,1H3/t17-,18+/m0/s1. The van der Waals surface area contributed by atoms with Gasteiger partial charge in [-0.2, -0.15) is 4.99 Å². The summed E-state index contributed by atoms with van der Waals surface area (Å²) in [6, 6.07) is 17.2. The first-order valence-corrected chi connectivity index (χ1v) is 11.5. The molecule has 2 atom stereocenters. The molecule has 0 spiro atoms. The van der Waals surface area contributed by atoms with Crippen LogP contribution < -0.4 is 4.90 Å². The lowest BCUT2D eigenvalue weighted by Crippen LogP contribution is -2.37. The van der Waals surface area contributed by atoms with E-state index in [2.05, 4.69) is 4.99 Å². The molecule has 5 nitrogen and oxygen atoms in total. The van der Waals surface area contributed by atoms with Gasteiger partial charge in [0.2, 0.25) is 0 Å². The first kappa shape index (κ1) is 18.3. The van der Waals surface area contributed by atoms with Crippen molar-refractivity contribution in [2.75, 3.05) is 16.4 Å². The maximum Gasteiger partial charge on any atom is 0.252 e. The Labute approximate surface area is 163 Å². The minimum absolute atomic E-state index is 0.0827. The fraction of sp³-hybridized carbons (Fsp3) is 0.300. The summed E-state index contributed by atoms with van der Waals surface area (Å²) in [7, 11) is -3.05. The van der Waals surface area contributed by atoms with Gasteiger partial charge < -0.3 is 4.90 Å². The molecular weight excluding hydrogens is 380 g/mol. The number of benzene rings is 2. The smallest absolute Gasteiger partial charge is 0.252 e. The lowest BCUT2D eigenvalue weighted by atomic mass is 10.1. The van der Waals surface area contributed by atoms with Gasteiger partial charge in [0.25, 0.3) is 5.91 Å².